The summed E-state index contributed by atoms with van der Waals surface area (Å²) in [4.78, 5) is 33.1. The minimum atomic E-state index is -0.404. The summed E-state index contributed by atoms with van der Waals surface area (Å²) in [5.74, 6) is -0.220. The summed E-state index contributed by atoms with van der Waals surface area (Å²) in [6, 6.07) is 15.3. The van der Waals surface area contributed by atoms with Crippen LogP contribution in [0.3, 0.4) is 0 Å². The van der Waals surface area contributed by atoms with Gasteiger partial charge in [0.2, 0.25) is 0 Å². The Morgan fingerprint density at radius 1 is 0.852 bits per heavy atom. The van der Waals surface area contributed by atoms with Gasteiger partial charge in [0.05, 0.1) is 0 Å². The first kappa shape index (κ1) is 16.5. The highest BCUT2D eigenvalue weighted by molar-refractivity contribution is 6.03. The second kappa shape index (κ2) is 7.09. The van der Waals surface area contributed by atoms with Crippen LogP contribution in [-0.4, -0.2) is 26.5 Å². The highest BCUT2D eigenvalue weighted by Gasteiger charge is 2.13. The summed E-state index contributed by atoms with van der Waals surface area (Å²) in [5.41, 5.74) is 2.17. The van der Waals surface area contributed by atoms with Crippen molar-refractivity contribution in [3.63, 3.8) is 0 Å². The molecule has 4 rings (SSSR count). The second-order valence-corrected chi connectivity index (χ2v) is 5.80. The molecule has 0 fully saturated rings. The number of anilines is 2. The summed E-state index contributed by atoms with van der Waals surface area (Å²) >= 11 is 0. The van der Waals surface area contributed by atoms with Gasteiger partial charge in [0.15, 0.2) is 0 Å². The molecule has 2 N–H and O–H groups in total. The first-order chi connectivity index (χ1) is 13.2. The van der Waals surface area contributed by atoms with Crippen molar-refractivity contribution in [1.29, 1.82) is 0 Å². The van der Waals surface area contributed by atoms with Gasteiger partial charge in [-0.05, 0) is 48.5 Å². The molecule has 7 heteroatoms. The predicted molar refractivity (Wildman–Crippen MR) is 103 cm³/mol. The van der Waals surface area contributed by atoms with E-state index in [-0.39, 0.29) is 5.91 Å². The van der Waals surface area contributed by atoms with Gasteiger partial charge in [-0.1, -0.05) is 6.07 Å². The summed E-state index contributed by atoms with van der Waals surface area (Å²) in [7, 11) is 0. The lowest BCUT2D eigenvalue weighted by atomic mass is 10.2. The van der Waals surface area contributed by atoms with E-state index in [1.54, 1.807) is 61.2 Å². The van der Waals surface area contributed by atoms with Crippen molar-refractivity contribution >= 4 is 34.3 Å². The van der Waals surface area contributed by atoms with E-state index in [4.69, 9.17) is 0 Å². The Labute approximate surface area is 154 Å². The molecule has 0 aliphatic rings. The first-order valence-electron chi connectivity index (χ1n) is 8.25. The lowest BCUT2D eigenvalue weighted by Crippen LogP contribution is -2.20. The predicted octanol–water partition coefficient (Wildman–Crippen LogP) is 3.76. The Hall–Kier alpha value is -4.00. The highest BCUT2D eigenvalue weighted by atomic mass is 16.2. The monoisotopic (exact) mass is 357 g/mol. The molecule has 0 saturated heterocycles. The van der Waals surface area contributed by atoms with E-state index in [9.17, 15) is 9.59 Å². The molecule has 3 heterocycles. The zero-order valence-electron chi connectivity index (χ0n) is 14.2. The molecule has 2 amide bonds. The molecule has 0 bridgehead atoms. The average Bonchev–Trinajstić information content (AvgIpc) is 3.12. The number of carbonyl (C=O) groups is 2. The van der Waals surface area contributed by atoms with Crippen LogP contribution >= 0.6 is 0 Å². The van der Waals surface area contributed by atoms with E-state index in [2.05, 4.69) is 20.6 Å². The summed E-state index contributed by atoms with van der Waals surface area (Å²) in [6.45, 7) is 0. The molecule has 0 unspecified atom stereocenters. The third-order valence-corrected chi connectivity index (χ3v) is 3.97. The van der Waals surface area contributed by atoms with Crippen LogP contribution in [0.15, 0.2) is 79.4 Å². The molecule has 7 nitrogen and oxygen atoms in total. The van der Waals surface area contributed by atoms with Crippen molar-refractivity contribution in [2.45, 2.75) is 0 Å². The van der Waals surface area contributed by atoms with E-state index < -0.39 is 6.03 Å². The molecule has 4 aromatic rings. The fraction of sp³-hybridized carbons (Fsp3) is 0. The van der Waals surface area contributed by atoms with Crippen LogP contribution < -0.4 is 10.6 Å². The number of hydrogen-bond donors (Lipinski definition) is 2. The zero-order valence-corrected chi connectivity index (χ0v) is 14.2. The Morgan fingerprint density at radius 2 is 1.67 bits per heavy atom. The number of pyridine rings is 2. The maximum atomic E-state index is 12.8. The minimum absolute atomic E-state index is 0.220. The summed E-state index contributed by atoms with van der Waals surface area (Å²) in [5, 5.41) is 6.31. The smallest absolute Gasteiger partial charge is 0.308 e. The maximum Gasteiger partial charge on any atom is 0.323 e. The zero-order chi connectivity index (χ0) is 18.6. The van der Waals surface area contributed by atoms with E-state index in [1.807, 2.05) is 18.2 Å². The number of nitrogens with one attached hydrogen (secondary N) is 2. The summed E-state index contributed by atoms with van der Waals surface area (Å²) in [6.07, 6.45) is 6.51. The third-order valence-electron chi connectivity index (χ3n) is 3.97. The molecule has 0 aliphatic carbocycles. The van der Waals surface area contributed by atoms with E-state index in [1.165, 1.54) is 4.57 Å². The van der Waals surface area contributed by atoms with E-state index >= 15 is 0 Å². The number of aromatic nitrogens is 3. The fourth-order valence-corrected chi connectivity index (χ4v) is 2.73. The van der Waals surface area contributed by atoms with Crippen LogP contribution in [0.4, 0.5) is 16.2 Å². The van der Waals surface area contributed by atoms with Crippen molar-refractivity contribution in [1.82, 2.24) is 14.5 Å². The van der Waals surface area contributed by atoms with Gasteiger partial charge >= 0.3 is 6.03 Å². The number of amides is 2. The molecule has 1 aromatic carbocycles. The van der Waals surface area contributed by atoms with Gasteiger partial charge in [-0.3, -0.25) is 14.3 Å². The lowest BCUT2D eigenvalue weighted by molar-refractivity contribution is 0.0964. The number of fused-ring (bicyclic) bond motifs is 1. The number of rotatable bonds is 3. The second-order valence-electron chi connectivity index (χ2n) is 5.80. The van der Waals surface area contributed by atoms with Gasteiger partial charge in [0.25, 0.3) is 5.91 Å². The normalized spacial score (nSPS) is 10.5. The standard InChI is InChI=1S/C20H15N5O2/c26-19(25-12-8-14-4-2-9-22-18(14)25)15-3-1-5-17(13-15)24-20(27)23-16-6-10-21-11-7-16/h1-13H,(H2,21,23,24,27). The number of urea groups is 1. The van der Waals surface area contributed by atoms with Gasteiger partial charge in [-0.2, -0.15) is 0 Å². The molecular weight excluding hydrogens is 342 g/mol. The topological polar surface area (TPSA) is 88.9 Å². The fourth-order valence-electron chi connectivity index (χ4n) is 2.73. The first-order valence-corrected chi connectivity index (χ1v) is 8.25. The largest absolute Gasteiger partial charge is 0.323 e. The van der Waals surface area contributed by atoms with Gasteiger partial charge in [-0.25, -0.2) is 9.78 Å². The quantitative estimate of drug-likeness (QED) is 0.584. The number of nitrogens with zero attached hydrogens (tertiary/aromatic N) is 3. The Morgan fingerprint density at radius 3 is 2.52 bits per heavy atom. The number of benzene rings is 1. The van der Waals surface area contributed by atoms with Crippen molar-refractivity contribution in [3.8, 4) is 0 Å². The number of carbonyl (C=O) groups excluding carboxylic acids is 2. The average molecular weight is 357 g/mol. The van der Waals surface area contributed by atoms with Crippen molar-refractivity contribution in [2.24, 2.45) is 0 Å². The van der Waals surface area contributed by atoms with E-state index in [0.29, 0.717) is 22.6 Å². The van der Waals surface area contributed by atoms with Crippen molar-refractivity contribution < 1.29 is 9.59 Å². The van der Waals surface area contributed by atoms with Crippen LogP contribution in [0.2, 0.25) is 0 Å². The van der Waals surface area contributed by atoms with Crippen molar-refractivity contribution in [3.05, 3.63) is 84.9 Å². The molecule has 27 heavy (non-hydrogen) atoms. The Kier molecular flexibility index (Phi) is 4.32. The Bertz CT molecular complexity index is 1120. The maximum absolute atomic E-state index is 12.8. The molecule has 0 atom stereocenters. The van der Waals surface area contributed by atoms with Crippen LogP contribution in [0, 0.1) is 0 Å². The minimum Gasteiger partial charge on any atom is -0.308 e. The highest BCUT2D eigenvalue weighted by Crippen LogP contribution is 2.17. The number of hydrogen-bond acceptors (Lipinski definition) is 4. The van der Waals surface area contributed by atoms with Gasteiger partial charge in [0.1, 0.15) is 5.65 Å². The van der Waals surface area contributed by atoms with E-state index in [0.717, 1.165) is 5.39 Å². The third kappa shape index (κ3) is 3.52. The molecular formula is C20H15N5O2. The summed E-state index contributed by atoms with van der Waals surface area (Å²) < 4.78 is 1.49. The van der Waals surface area contributed by atoms with Crippen LogP contribution in [0.1, 0.15) is 10.4 Å². The van der Waals surface area contributed by atoms with Crippen LogP contribution in [0.25, 0.3) is 11.0 Å². The van der Waals surface area contributed by atoms with Gasteiger partial charge < -0.3 is 10.6 Å². The van der Waals surface area contributed by atoms with Crippen LogP contribution in [-0.2, 0) is 0 Å². The van der Waals surface area contributed by atoms with Gasteiger partial charge in [-0.15, -0.1) is 0 Å². The van der Waals surface area contributed by atoms with Crippen molar-refractivity contribution in [2.75, 3.05) is 10.6 Å². The molecule has 0 saturated carbocycles. The Balaban J connectivity index is 1.53. The molecule has 132 valence electrons. The molecule has 3 aromatic heterocycles. The van der Waals surface area contributed by atoms with Gasteiger partial charge in [0, 0.05) is 47.1 Å². The molecule has 0 spiro atoms. The molecule has 0 radical (unpaired) electrons. The lowest BCUT2D eigenvalue weighted by Gasteiger charge is -2.09. The molecule has 0 aliphatic heterocycles. The SMILES string of the molecule is O=C(Nc1ccncc1)Nc1cccc(C(=O)n2ccc3cccnc32)c1. The van der Waals surface area contributed by atoms with Crippen LogP contribution in [0.5, 0.6) is 0 Å².